The minimum absolute atomic E-state index is 0.00931. The number of nitrogens with one attached hydrogen (secondary N) is 1. The zero-order valence-electron chi connectivity index (χ0n) is 9.89. The molecule has 2 heterocycles. The molecule has 2 fully saturated rings. The predicted molar refractivity (Wildman–Crippen MR) is 61.9 cm³/mol. The second-order valence-electron chi connectivity index (χ2n) is 4.49. The van der Waals surface area contributed by atoms with Crippen LogP contribution in [0.5, 0.6) is 0 Å². The minimum Gasteiger partial charge on any atom is -0.377 e. The number of carbonyl (C=O) groups excluding carboxylic acids is 1. The van der Waals surface area contributed by atoms with Crippen molar-refractivity contribution < 1.29 is 17.9 Å². The summed E-state index contributed by atoms with van der Waals surface area (Å²) in [5.41, 5.74) is 0. The van der Waals surface area contributed by atoms with Gasteiger partial charge in [-0.3, -0.25) is 4.79 Å². The first-order valence-corrected chi connectivity index (χ1v) is 7.50. The number of rotatable bonds is 3. The molecular formula is C10H18N2O4S. The van der Waals surface area contributed by atoms with Gasteiger partial charge in [-0.05, 0) is 19.8 Å². The zero-order valence-corrected chi connectivity index (χ0v) is 10.7. The number of hydrogen-bond donors (Lipinski definition) is 1. The molecule has 2 atom stereocenters. The van der Waals surface area contributed by atoms with Gasteiger partial charge in [0.2, 0.25) is 15.9 Å². The summed E-state index contributed by atoms with van der Waals surface area (Å²) in [6.07, 6.45) is 1.49. The fourth-order valence-electron chi connectivity index (χ4n) is 2.25. The first kappa shape index (κ1) is 12.8. The first-order chi connectivity index (χ1) is 8.00. The molecule has 0 radical (unpaired) electrons. The average Bonchev–Trinajstić information content (AvgIpc) is 2.73. The van der Waals surface area contributed by atoms with Gasteiger partial charge in [0.15, 0.2) is 0 Å². The summed E-state index contributed by atoms with van der Waals surface area (Å²) in [7, 11) is -3.40. The van der Waals surface area contributed by atoms with Crippen molar-refractivity contribution in [2.45, 2.75) is 31.9 Å². The molecule has 2 saturated heterocycles. The number of piperazine rings is 1. The number of sulfonamides is 1. The first-order valence-electron chi connectivity index (χ1n) is 5.89. The van der Waals surface area contributed by atoms with Gasteiger partial charge in [-0.15, -0.1) is 0 Å². The van der Waals surface area contributed by atoms with Crippen LogP contribution in [0, 0.1) is 0 Å². The molecule has 1 N–H and O–H groups in total. The molecule has 0 spiro atoms. The van der Waals surface area contributed by atoms with Crippen LogP contribution in [0.1, 0.15) is 19.8 Å². The molecule has 2 aliphatic heterocycles. The molecule has 98 valence electrons. The van der Waals surface area contributed by atoms with Crippen molar-refractivity contribution in [1.82, 2.24) is 9.62 Å². The molecule has 0 bridgehead atoms. The molecule has 17 heavy (non-hydrogen) atoms. The summed E-state index contributed by atoms with van der Waals surface area (Å²) in [5, 5.41) is 2.65. The standard InChI is InChI=1S/C10H18N2O4S/c1-8-10(13)11-4-5-12(8)17(14,15)7-9-3-2-6-16-9/h8-9H,2-7H2,1H3,(H,11,13). The highest BCUT2D eigenvalue weighted by Crippen LogP contribution is 2.18. The van der Waals surface area contributed by atoms with Crippen LogP contribution in [0.15, 0.2) is 0 Å². The molecule has 0 aliphatic carbocycles. The third kappa shape index (κ3) is 2.78. The Balaban J connectivity index is 2.05. The van der Waals surface area contributed by atoms with E-state index >= 15 is 0 Å². The van der Waals surface area contributed by atoms with Gasteiger partial charge in [-0.1, -0.05) is 0 Å². The van der Waals surface area contributed by atoms with Crippen LogP contribution < -0.4 is 5.32 Å². The molecule has 0 aromatic heterocycles. The van der Waals surface area contributed by atoms with E-state index in [9.17, 15) is 13.2 Å². The number of amides is 1. The van der Waals surface area contributed by atoms with E-state index in [1.165, 1.54) is 4.31 Å². The van der Waals surface area contributed by atoms with Crippen molar-refractivity contribution in [2.24, 2.45) is 0 Å². The monoisotopic (exact) mass is 262 g/mol. The van der Waals surface area contributed by atoms with Crippen molar-refractivity contribution in [1.29, 1.82) is 0 Å². The molecular weight excluding hydrogens is 244 g/mol. The van der Waals surface area contributed by atoms with Crippen molar-refractivity contribution in [2.75, 3.05) is 25.4 Å². The molecule has 2 unspecified atom stereocenters. The summed E-state index contributed by atoms with van der Waals surface area (Å²) in [4.78, 5) is 11.4. The molecule has 2 aliphatic rings. The lowest BCUT2D eigenvalue weighted by molar-refractivity contribution is -0.126. The molecule has 0 aromatic rings. The number of hydrogen-bond acceptors (Lipinski definition) is 4. The van der Waals surface area contributed by atoms with Gasteiger partial charge >= 0.3 is 0 Å². The van der Waals surface area contributed by atoms with Crippen LogP contribution >= 0.6 is 0 Å². The third-order valence-corrected chi connectivity index (χ3v) is 5.23. The third-order valence-electron chi connectivity index (χ3n) is 3.22. The Morgan fingerprint density at radius 1 is 1.53 bits per heavy atom. The van der Waals surface area contributed by atoms with Crippen LogP contribution in [-0.4, -0.2) is 56.2 Å². The lowest BCUT2D eigenvalue weighted by Gasteiger charge is -2.32. The summed E-state index contributed by atoms with van der Waals surface area (Å²) >= 11 is 0. The van der Waals surface area contributed by atoms with Gasteiger partial charge in [0.1, 0.15) is 6.04 Å². The summed E-state index contributed by atoms with van der Waals surface area (Å²) < 4.78 is 30.9. The number of ether oxygens (including phenoxy) is 1. The largest absolute Gasteiger partial charge is 0.377 e. The molecule has 1 amide bonds. The Morgan fingerprint density at radius 3 is 2.94 bits per heavy atom. The molecule has 6 nitrogen and oxygen atoms in total. The van der Waals surface area contributed by atoms with Gasteiger partial charge in [-0.2, -0.15) is 4.31 Å². The van der Waals surface area contributed by atoms with E-state index in [4.69, 9.17) is 4.74 Å². The quantitative estimate of drug-likeness (QED) is 0.731. The fraction of sp³-hybridized carbons (Fsp3) is 0.900. The zero-order chi connectivity index (χ0) is 12.5. The van der Waals surface area contributed by atoms with Crippen molar-refractivity contribution in [3.63, 3.8) is 0 Å². The van der Waals surface area contributed by atoms with E-state index in [2.05, 4.69) is 5.32 Å². The van der Waals surface area contributed by atoms with Crippen molar-refractivity contribution in [3.8, 4) is 0 Å². The Labute approximate surface area is 101 Å². The average molecular weight is 262 g/mol. The van der Waals surface area contributed by atoms with Crippen molar-refractivity contribution in [3.05, 3.63) is 0 Å². The van der Waals surface area contributed by atoms with E-state index < -0.39 is 16.1 Å². The lowest BCUT2D eigenvalue weighted by atomic mass is 10.2. The Bertz CT molecular complexity index is 389. The van der Waals surface area contributed by atoms with E-state index in [0.717, 1.165) is 12.8 Å². The smallest absolute Gasteiger partial charge is 0.238 e. The molecule has 0 saturated carbocycles. The van der Waals surface area contributed by atoms with Gasteiger partial charge in [0.05, 0.1) is 11.9 Å². The SMILES string of the molecule is CC1C(=O)NCCN1S(=O)(=O)CC1CCCO1. The Morgan fingerprint density at radius 2 is 2.29 bits per heavy atom. The van der Waals surface area contributed by atoms with E-state index in [0.29, 0.717) is 19.7 Å². The van der Waals surface area contributed by atoms with E-state index in [1.54, 1.807) is 6.92 Å². The van der Waals surface area contributed by atoms with Gasteiger partial charge < -0.3 is 10.1 Å². The van der Waals surface area contributed by atoms with Crippen LogP contribution in [0.25, 0.3) is 0 Å². The maximum Gasteiger partial charge on any atom is 0.238 e. The van der Waals surface area contributed by atoms with Crippen LogP contribution in [0.3, 0.4) is 0 Å². The van der Waals surface area contributed by atoms with Crippen molar-refractivity contribution >= 4 is 15.9 Å². The normalized spacial score (nSPS) is 31.5. The second kappa shape index (κ2) is 4.91. The van der Waals surface area contributed by atoms with Gasteiger partial charge in [0, 0.05) is 19.7 Å². The molecule has 0 aromatic carbocycles. The number of carbonyl (C=O) groups is 1. The summed E-state index contributed by atoms with van der Waals surface area (Å²) in [6.45, 7) is 2.98. The Kier molecular flexibility index (Phi) is 3.70. The van der Waals surface area contributed by atoms with Crippen LogP contribution in [-0.2, 0) is 19.6 Å². The topological polar surface area (TPSA) is 75.7 Å². The maximum absolute atomic E-state index is 12.2. The number of nitrogens with zero attached hydrogens (tertiary/aromatic N) is 1. The second-order valence-corrected chi connectivity index (χ2v) is 6.46. The molecule has 7 heteroatoms. The molecule has 2 rings (SSSR count). The fourth-order valence-corrected chi connectivity index (χ4v) is 4.12. The Hall–Kier alpha value is -0.660. The van der Waals surface area contributed by atoms with E-state index in [-0.39, 0.29) is 17.8 Å². The van der Waals surface area contributed by atoms with Gasteiger partial charge in [0.25, 0.3) is 0 Å². The minimum atomic E-state index is -3.40. The lowest BCUT2D eigenvalue weighted by Crippen LogP contribution is -2.56. The predicted octanol–water partition coefficient (Wildman–Crippen LogP) is -0.684. The van der Waals surface area contributed by atoms with Crippen LogP contribution in [0.2, 0.25) is 0 Å². The maximum atomic E-state index is 12.2. The summed E-state index contributed by atoms with van der Waals surface area (Å²) in [5.74, 6) is -0.239. The van der Waals surface area contributed by atoms with Gasteiger partial charge in [-0.25, -0.2) is 8.42 Å². The highest BCUT2D eigenvalue weighted by atomic mass is 32.2. The summed E-state index contributed by atoms with van der Waals surface area (Å²) in [6, 6.07) is -0.616. The highest BCUT2D eigenvalue weighted by molar-refractivity contribution is 7.89. The van der Waals surface area contributed by atoms with E-state index in [1.807, 2.05) is 0 Å². The van der Waals surface area contributed by atoms with Crippen LogP contribution in [0.4, 0.5) is 0 Å². The highest BCUT2D eigenvalue weighted by Gasteiger charge is 2.36.